The molecule has 152 valence electrons. The molecule has 5 nitrogen and oxygen atoms in total. The van der Waals surface area contributed by atoms with Crippen LogP contribution < -0.4 is 15.4 Å². The summed E-state index contributed by atoms with van der Waals surface area (Å²) in [5.74, 6) is 1.65. The van der Waals surface area contributed by atoms with Crippen molar-refractivity contribution in [2.24, 2.45) is 10.9 Å². The number of ether oxygens (including phenoxy) is 1. The molecule has 27 heavy (non-hydrogen) atoms. The van der Waals surface area contributed by atoms with Gasteiger partial charge in [-0.05, 0) is 44.4 Å². The molecular formula is C19H29F3N4O. The highest BCUT2D eigenvalue weighted by atomic mass is 19.4. The van der Waals surface area contributed by atoms with Crippen molar-refractivity contribution in [2.45, 2.75) is 33.0 Å². The summed E-state index contributed by atoms with van der Waals surface area (Å²) in [6.07, 6.45) is -3.37. The van der Waals surface area contributed by atoms with Crippen molar-refractivity contribution >= 4 is 5.96 Å². The van der Waals surface area contributed by atoms with Crippen LogP contribution in [-0.2, 0) is 6.54 Å². The number of aliphatic imine (C=N–C) groups is 1. The zero-order chi connectivity index (χ0) is 19.9. The minimum absolute atomic E-state index is 0.185. The van der Waals surface area contributed by atoms with E-state index in [0.717, 1.165) is 23.3 Å². The summed E-state index contributed by atoms with van der Waals surface area (Å²) >= 11 is 0. The molecule has 0 radical (unpaired) electrons. The molecule has 1 aliphatic heterocycles. The van der Waals surface area contributed by atoms with E-state index in [0.29, 0.717) is 38.7 Å². The van der Waals surface area contributed by atoms with Crippen LogP contribution in [0.2, 0.25) is 0 Å². The van der Waals surface area contributed by atoms with E-state index in [9.17, 15) is 13.2 Å². The minimum atomic E-state index is -4.13. The van der Waals surface area contributed by atoms with E-state index in [2.05, 4.69) is 15.6 Å². The molecule has 1 heterocycles. The lowest BCUT2D eigenvalue weighted by Gasteiger charge is -2.18. The van der Waals surface area contributed by atoms with Crippen molar-refractivity contribution in [2.75, 3.05) is 39.8 Å². The number of nitrogens with one attached hydrogen (secondary N) is 2. The standard InChI is InChI=1S/C19H29F3N4O/c1-4-23-18(25-11-16-6-5-14(2)9-17(16)27-3)24-10-15-7-8-26(12-15)13-19(20,21)22/h5-6,9,15H,4,7-8,10-13H2,1-3H3,(H2,23,24,25). The molecular weight excluding hydrogens is 357 g/mol. The van der Waals surface area contributed by atoms with Crippen molar-refractivity contribution in [1.82, 2.24) is 15.5 Å². The van der Waals surface area contributed by atoms with Crippen LogP contribution in [0, 0.1) is 12.8 Å². The van der Waals surface area contributed by atoms with Crippen molar-refractivity contribution < 1.29 is 17.9 Å². The van der Waals surface area contributed by atoms with Gasteiger partial charge in [-0.25, -0.2) is 4.99 Å². The Balaban J connectivity index is 1.89. The van der Waals surface area contributed by atoms with Crippen LogP contribution in [0.3, 0.4) is 0 Å². The summed E-state index contributed by atoms with van der Waals surface area (Å²) < 4.78 is 42.9. The first-order chi connectivity index (χ1) is 12.8. The van der Waals surface area contributed by atoms with Crippen LogP contribution in [-0.4, -0.2) is 56.9 Å². The molecule has 2 rings (SSSR count). The van der Waals surface area contributed by atoms with Crippen molar-refractivity contribution in [3.8, 4) is 5.75 Å². The van der Waals surface area contributed by atoms with Gasteiger partial charge in [0.25, 0.3) is 0 Å². The molecule has 1 atom stereocenters. The Kier molecular flexibility index (Phi) is 7.77. The number of benzene rings is 1. The molecule has 0 spiro atoms. The number of alkyl halides is 3. The first kappa shape index (κ1) is 21.3. The lowest BCUT2D eigenvalue weighted by Crippen LogP contribution is -2.40. The minimum Gasteiger partial charge on any atom is -0.496 e. The summed E-state index contributed by atoms with van der Waals surface area (Å²) in [7, 11) is 1.64. The van der Waals surface area contributed by atoms with Gasteiger partial charge in [0.1, 0.15) is 5.75 Å². The monoisotopic (exact) mass is 386 g/mol. The molecule has 0 bridgehead atoms. The number of likely N-dealkylation sites (tertiary alicyclic amines) is 1. The van der Waals surface area contributed by atoms with Crippen molar-refractivity contribution in [3.05, 3.63) is 29.3 Å². The average Bonchev–Trinajstić information content (AvgIpc) is 3.03. The zero-order valence-corrected chi connectivity index (χ0v) is 16.2. The number of aryl methyl sites for hydroxylation is 1. The maximum Gasteiger partial charge on any atom is 0.401 e. The third-order valence-electron chi connectivity index (χ3n) is 4.53. The molecule has 0 aliphatic carbocycles. The van der Waals surface area contributed by atoms with Gasteiger partial charge in [-0.2, -0.15) is 13.2 Å². The lowest BCUT2D eigenvalue weighted by atomic mass is 10.1. The molecule has 0 amide bonds. The number of rotatable bonds is 7. The van der Waals surface area contributed by atoms with E-state index >= 15 is 0 Å². The second kappa shape index (κ2) is 9.82. The number of halogens is 3. The van der Waals surface area contributed by atoms with E-state index in [1.165, 1.54) is 4.90 Å². The fourth-order valence-corrected chi connectivity index (χ4v) is 3.21. The summed E-state index contributed by atoms with van der Waals surface area (Å²) in [5, 5.41) is 6.43. The van der Waals surface area contributed by atoms with Crippen LogP contribution in [0.25, 0.3) is 0 Å². The van der Waals surface area contributed by atoms with Crippen LogP contribution in [0.1, 0.15) is 24.5 Å². The number of guanidine groups is 1. The van der Waals surface area contributed by atoms with Gasteiger partial charge in [0.2, 0.25) is 0 Å². The third kappa shape index (κ3) is 7.28. The smallest absolute Gasteiger partial charge is 0.401 e. The van der Waals surface area contributed by atoms with E-state index < -0.39 is 12.7 Å². The van der Waals surface area contributed by atoms with Crippen molar-refractivity contribution in [1.29, 1.82) is 0 Å². The summed E-state index contributed by atoms with van der Waals surface area (Å²) in [4.78, 5) is 6.05. The second-order valence-electron chi connectivity index (χ2n) is 6.90. The third-order valence-corrected chi connectivity index (χ3v) is 4.53. The number of nitrogens with zero attached hydrogens (tertiary/aromatic N) is 2. The van der Waals surface area contributed by atoms with Crippen LogP contribution in [0.4, 0.5) is 13.2 Å². The van der Waals surface area contributed by atoms with Gasteiger partial charge in [-0.3, -0.25) is 4.90 Å². The second-order valence-corrected chi connectivity index (χ2v) is 6.90. The molecule has 1 saturated heterocycles. The normalized spacial score (nSPS) is 18.6. The molecule has 1 unspecified atom stereocenters. The number of hydrogen-bond donors (Lipinski definition) is 2. The highest BCUT2D eigenvalue weighted by Crippen LogP contribution is 2.23. The lowest BCUT2D eigenvalue weighted by molar-refractivity contribution is -0.143. The molecule has 8 heteroatoms. The highest BCUT2D eigenvalue weighted by molar-refractivity contribution is 5.79. The van der Waals surface area contributed by atoms with Gasteiger partial charge in [0.15, 0.2) is 5.96 Å². The summed E-state index contributed by atoms with van der Waals surface area (Å²) in [6.45, 7) is 5.87. The van der Waals surface area contributed by atoms with E-state index in [1.54, 1.807) is 7.11 Å². The van der Waals surface area contributed by atoms with Crippen molar-refractivity contribution in [3.63, 3.8) is 0 Å². The summed E-state index contributed by atoms with van der Waals surface area (Å²) in [5.41, 5.74) is 2.10. The van der Waals surface area contributed by atoms with Gasteiger partial charge in [0.05, 0.1) is 20.2 Å². The Morgan fingerprint density at radius 3 is 2.78 bits per heavy atom. The van der Waals surface area contributed by atoms with Gasteiger partial charge < -0.3 is 15.4 Å². The van der Waals surface area contributed by atoms with Crippen LogP contribution >= 0.6 is 0 Å². The fourth-order valence-electron chi connectivity index (χ4n) is 3.21. The number of methoxy groups -OCH3 is 1. The largest absolute Gasteiger partial charge is 0.496 e. The molecule has 1 aromatic rings. The fraction of sp³-hybridized carbons (Fsp3) is 0.632. The summed E-state index contributed by atoms with van der Waals surface area (Å²) in [6, 6.07) is 5.98. The predicted molar refractivity (Wildman–Crippen MR) is 101 cm³/mol. The predicted octanol–water partition coefficient (Wildman–Crippen LogP) is 2.94. The van der Waals surface area contributed by atoms with Gasteiger partial charge in [-0.15, -0.1) is 0 Å². The Morgan fingerprint density at radius 2 is 2.11 bits per heavy atom. The average molecular weight is 386 g/mol. The maximum absolute atomic E-state index is 12.5. The Labute approximate surface area is 159 Å². The first-order valence-corrected chi connectivity index (χ1v) is 9.25. The quantitative estimate of drug-likeness (QED) is 0.559. The molecule has 1 aliphatic rings. The van der Waals surface area contributed by atoms with E-state index in [1.807, 2.05) is 32.0 Å². The topological polar surface area (TPSA) is 48.9 Å². The molecule has 2 N–H and O–H groups in total. The Bertz CT molecular complexity index is 634. The van der Waals surface area contributed by atoms with E-state index in [4.69, 9.17) is 4.74 Å². The van der Waals surface area contributed by atoms with Gasteiger partial charge in [0, 0.05) is 25.2 Å². The molecule has 1 fully saturated rings. The zero-order valence-electron chi connectivity index (χ0n) is 16.2. The Morgan fingerprint density at radius 1 is 1.33 bits per heavy atom. The SMILES string of the molecule is CCNC(=NCc1ccc(C)cc1OC)NCC1CCN(CC(F)(F)F)C1. The van der Waals surface area contributed by atoms with Gasteiger partial charge in [-0.1, -0.05) is 12.1 Å². The number of hydrogen-bond acceptors (Lipinski definition) is 3. The highest BCUT2D eigenvalue weighted by Gasteiger charge is 2.34. The molecule has 0 saturated carbocycles. The maximum atomic E-state index is 12.5. The van der Waals surface area contributed by atoms with Gasteiger partial charge >= 0.3 is 6.18 Å². The van der Waals surface area contributed by atoms with Crippen LogP contribution in [0.5, 0.6) is 5.75 Å². The molecule has 0 aromatic heterocycles. The first-order valence-electron chi connectivity index (χ1n) is 9.25. The Hall–Kier alpha value is -1.96. The van der Waals surface area contributed by atoms with Crippen LogP contribution in [0.15, 0.2) is 23.2 Å². The van der Waals surface area contributed by atoms with E-state index in [-0.39, 0.29) is 5.92 Å². The molecule has 1 aromatic carbocycles.